The van der Waals surface area contributed by atoms with Crippen molar-refractivity contribution < 1.29 is 32.4 Å². The first-order valence-electron chi connectivity index (χ1n) is 10.0. The van der Waals surface area contributed by atoms with Gasteiger partial charge in [-0.1, -0.05) is 0 Å². The number of carbonyl (C=O) groups is 2. The van der Waals surface area contributed by atoms with Crippen LogP contribution in [0.3, 0.4) is 0 Å². The molecule has 1 atom stereocenters. The Hall–Kier alpha value is -4.15. The number of amides is 1. The van der Waals surface area contributed by atoms with Gasteiger partial charge in [0.1, 0.15) is 0 Å². The summed E-state index contributed by atoms with van der Waals surface area (Å²) in [4.78, 5) is 34.6. The molecule has 0 saturated heterocycles. The number of hydrogen-bond donors (Lipinski definition) is 1. The van der Waals surface area contributed by atoms with Gasteiger partial charge in [0.2, 0.25) is 0 Å². The monoisotopic (exact) mass is 475 g/mol. The third kappa shape index (κ3) is 5.25. The molecule has 0 aliphatic carbocycles. The number of benzene rings is 2. The average molecular weight is 475 g/mol. The van der Waals surface area contributed by atoms with E-state index in [-0.39, 0.29) is 5.56 Å². The van der Waals surface area contributed by atoms with Crippen LogP contribution in [0.4, 0.5) is 24.5 Å². The van der Waals surface area contributed by atoms with E-state index >= 15 is 0 Å². The molecule has 2 aromatic carbocycles. The molecule has 1 heterocycles. The van der Waals surface area contributed by atoms with Crippen molar-refractivity contribution in [1.82, 2.24) is 4.57 Å². The number of non-ortho nitro benzene ring substituents is 1. The number of carbonyl (C=O) groups excluding carboxylic acids is 2. The average Bonchev–Trinajstić information content (AvgIpc) is 3.11. The Balaban J connectivity index is 1.71. The Labute approximate surface area is 192 Å². The standard InChI is InChI=1S/C23H20F3N3O5/c1-13-4-5-14(2)28(13)17-8-6-16(7-9-17)22(31)34-15(3)21(30)27-20-11-10-18(29(32)33)12-19(20)23(24,25)26/h4-12,15H,1-3H3,(H,27,30). The van der Waals surface area contributed by atoms with E-state index in [4.69, 9.17) is 4.74 Å². The first-order valence-corrected chi connectivity index (χ1v) is 10.0. The summed E-state index contributed by atoms with van der Waals surface area (Å²) in [5.74, 6) is -1.86. The molecule has 1 N–H and O–H groups in total. The molecular formula is C23H20F3N3O5. The van der Waals surface area contributed by atoms with Crippen LogP contribution in [-0.4, -0.2) is 27.5 Å². The number of anilines is 1. The lowest BCUT2D eigenvalue weighted by atomic mass is 10.1. The molecule has 1 unspecified atom stereocenters. The van der Waals surface area contributed by atoms with Crippen LogP contribution in [0, 0.1) is 24.0 Å². The molecule has 1 amide bonds. The van der Waals surface area contributed by atoms with Crippen molar-refractivity contribution in [3.63, 3.8) is 0 Å². The van der Waals surface area contributed by atoms with Crippen molar-refractivity contribution >= 4 is 23.3 Å². The van der Waals surface area contributed by atoms with Gasteiger partial charge in [-0.2, -0.15) is 13.2 Å². The highest BCUT2D eigenvalue weighted by Gasteiger charge is 2.36. The number of ether oxygens (including phenoxy) is 1. The molecule has 0 aliphatic rings. The molecule has 0 fully saturated rings. The highest BCUT2D eigenvalue weighted by atomic mass is 19.4. The predicted molar refractivity (Wildman–Crippen MR) is 117 cm³/mol. The van der Waals surface area contributed by atoms with Crippen LogP contribution < -0.4 is 5.32 Å². The van der Waals surface area contributed by atoms with E-state index in [1.807, 2.05) is 35.9 Å². The Morgan fingerprint density at radius 3 is 2.15 bits per heavy atom. The predicted octanol–water partition coefficient (Wildman–Crippen LogP) is 5.21. The number of aryl methyl sites for hydroxylation is 2. The molecule has 8 nitrogen and oxygen atoms in total. The van der Waals surface area contributed by atoms with E-state index in [2.05, 4.69) is 0 Å². The lowest BCUT2D eigenvalue weighted by molar-refractivity contribution is -0.385. The number of nitro benzene ring substituents is 1. The number of halogens is 3. The minimum Gasteiger partial charge on any atom is -0.449 e. The Morgan fingerprint density at radius 1 is 1.03 bits per heavy atom. The summed E-state index contributed by atoms with van der Waals surface area (Å²) in [6.45, 7) is 5.07. The van der Waals surface area contributed by atoms with E-state index in [1.54, 1.807) is 12.1 Å². The quantitative estimate of drug-likeness (QED) is 0.300. The minimum atomic E-state index is -4.95. The first kappa shape index (κ1) is 24.5. The van der Waals surface area contributed by atoms with Gasteiger partial charge in [0.05, 0.1) is 21.7 Å². The summed E-state index contributed by atoms with van der Waals surface area (Å²) < 4.78 is 47.0. The third-order valence-corrected chi connectivity index (χ3v) is 5.06. The van der Waals surface area contributed by atoms with Crippen LogP contribution in [0.15, 0.2) is 54.6 Å². The van der Waals surface area contributed by atoms with Crippen molar-refractivity contribution in [2.24, 2.45) is 0 Å². The number of nitro groups is 1. The maximum atomic E-state index is 13.3. The number of rotatable bonds is 6. The van der Waals surface area contributed by atoms with Gasteiger partial charge in [-0.3, -0.25) is 14.9 Å². The molecule has 0 radical (unpaired) electrons. The van der Waals surface area contributed by atoms with E-state index in [0.717, 1.165) is 29.2 Å². The second-order valence-electron chi connectivity index (χ2n) is 7.52. The maximum Gasteiger partial charge on any atom is 0.418 e. The molecule has 0 spiro atoms. The summed E-state index contributed by atoms with van der Waals surface area (Å²) in [6, 6.07) is 12.3. The SMILES string of the molecule is Cc1ccc(C)n1-c1ccc(C(=O)OC(C)C(=O)Nc2ccc([N+](=O)[O-])cc2C(F)(F)F)cc1. The fourth-order valence-electron chi connectivity index (χ4n) is 3.33. The normalized spacial score (nSPS) is 12.2. The topological polar surface area (TPSA) is 103 Å². The van der Waals surface area contributed by atoms with Gasteiger partial charge in [-0.05, 0) is 63.2 Å². The van der Waals surface area contributed by atoms with Crippen LogP contribution in [0.2, 0.25) is 0 Å². The summed E-state index contributed by atoms with van der Waals surface area (Å²) in [5, 5.41) is 12.8. The molecule has 0 aliphatic heterocycles. The van der Waals surface area contributed by atoms with E-state index in [9.17, 15) is 32.9 Å². The lowest BCUT2D eigenvalue weighted by Crippen LogP contribution is -2.30. The zero-order valence-corrected chi connectivity index (χ0v) is 18.3. The van der Waals surface area contributed by atoms with Crippen LogP contribution >= 0.6 is 0 Å². The summed E-state index contributed by atoms with van der Waals surface area (Å²) in [5.41, 5.74) is 0.119. The zero-order valence-electron chi connectivity index (χ0n) is 18.3. The van der Waals surface area contributed by atoms with E-state index < -0.39 is 46.0 Å². The number of aromatic nitrogens is 1. The molecule has 0 bridgehead atoms. The fraction of sp³-hybridized carbons (Fsp3) is 0.217. The summed E-state index contributed by atoms with van der Waals surface area (Å²) >= 11 is 0. The molecule has 1 aromatic heterocycles. The Bertz CT molecular complexity index is 1230. The Kier molecular flexibility index (Phi) is 6.75. The highest BCUT2D eigenvalue weighted by molar-refractivity contribution is 5.98. The fourth-order valence-corrected chi connectivity index (χ4v) is 3.33. The number of nitrogens with one attached hydrogen (secondary N) is 1. The number of esters is 1. The van der Waals surface area contributed by atoms with Crippen molar-refractivity contribution in [2.45, 2.75) is 33.1 Å². The molecule has 11 heteroatoms. The molecule has 0 saturated carbocycles. The first-order chi connectivity index (χ1) is 15.9. The van der Waals surface area contributed by atoms with Crippen molar-refractivity contribution in [2.75, 3.05) is 5.32 Å². The number of nitrogens with zero attached hydrogens (tertiary/aromatic N) is 2. The van der Waals surface area contributed by atoms with Gasteiger partial charge < -0.3 is 14.6 Å². The molecular weight excluding hydrogens is 455 g/mol. The smallest absolute Gasteiger partial charge is 0.418 e. The lowest BCUT2D eigenvalue weighted by Gasteiger charge is -2.17. The minimum absolute atomic E-state index is 0.150. The van der Waals surface area contributed by atoms with Crippen molar-refractivity contribution in [1.29, 1.82) is 0 Å². The molecule has 3 aromatic rings. The van der Waals surface area contributed by atoms with Gasteiger partial charge in [-0.15, -0.1) is 0 Å². The largest absolute Gasteiger partial charge is 0.449 e. The number of alkyl halides is 3. The van der Waals surface area contributed by atoms with Crippen molar-refractivity contribution in [3.05, 3.63) is 87.2 Å². The second kappa shape index (κ2) is 9.38. The van der Waals surface area contributed by atoms with Gasteiger partial charge in [-0.25, -0.2) is 4.79 Å². The maximum absolute atomic E-state index is 13.3. The van der Waals surface area contributed by atoms with E-state index in [0.29, 0.717) is 6.07 Å². The van der Waals surface area contributed by atoms with Gasteiger partial charge in [0, 0.05) is 29.2 Å². The van der Waals surface area contributed by atoms with Crippen LogP contribution in [0.1, 0.15) is 34.2 Å². The van der Waals surface area contributed by atoms with Crippen LogP contribution in [0.25, 0.3) is 5.69 Å². The molecule has 178 valence electrons. The van der Waals surface area contributed by atoms with E-state index in [1.165, 1.54) is 19.1 Å². The van der Waals surface area contributed by atoms with Crippen LogP contribution in [-0.2, 0) is 15.7 Å². The molecule has 3 rings (SSSR count). The van der Waals surface area contributed by atoms with Crippen LogP contribution in [0.5, 0.6) is 0 Å². The summed E-state index contributed by atoms with van der Waals surface area (Å²) in [6.07, 6.45) is -6.38. The molecule has 34 heavy (non-hydrogen) atoms. The Morgan fingerprint density at radius 2 is 1.62 bits per heavy atom. The summed E-state index contributed by atoms with van der Waals surface area (Å²) in [7, 11) is 0. The zero-order chi connectivity index (χ0) is 25.2. The third-order valence-electron chi connectivity index (χ3n) is 5.06. The van der Waals surface area contributed by atoms with Gasteiger partial charge in [0.25, 0.3) is 11.6 Å². The van der Waals surface area contributed by atoms with Crippen molar-refractivity contribution in [3.8, 4) is 5.69 Å². The van der Waals surface area contributed by atoms with Gasteiger partial charge in [0.15, 0.2) is 6.10 Å². The second-order valence-corrected chi connectivity index (χ2v) is 7.52. The highest BCUT2D eigenvalue weighted by Crippen LogP contribution is 2.37. The van der Waals surface area contributed by atoms with Gasteiger partial charge >= 0.3 is 12.1 Å². The number of hydrogen-bond acceptors (Lipinski definition) is 5.